The highest BCUT2D eigenvalue weighted by Gasteiger charge is 2.33. The van der Waals surface area contributed by atoms with E-state index in [1.54, 1.807) is 0 Å². The second-order valence-electron chi connectivity index (χ2n) is 7.48. The first kappa shape index (κ1) is 18.0. The number of aromatic nitrogens is 1. The van der Waals surface area contributed by atoms with Crippen molar-refractivity contribution in [2.24, 2.45) is 0 Å². The van der Waals surface area contributed by atoms with Crippen LogP contribution in [0.4, 0.5) is 10.6 Å². The molecule has 2 saturated heterocycles. The van der Waals surface area contributed by atoms with Gasteiger partial charge in [0, 0.05) is 31.9 Å². The average Bonchev–Trinajstić information content (AvgIpc) is 2.63. The van der Waals surface area contributed by atoms with Gasteiger partial charge in [-0.25, -0.2) is 9.78 Å². The predicted molar refractivity (Wildman–Crippen MR) is 99.0 cm³/mol. The van der Waals surface area contributed by atoms with Crippen LogP contribution in [-0.4, -0.2) is 60.3 Å². The molecule has 0 radical (unpaired) electrons. The maximum absolute atomic E-state index is 12.6. The fourth-order valence-electron chi connectivity index (χ4n) is 3.48. The molecule has 138 valence electrons. The molecule has 3 heterocycles. The zero-order chi connectivity index (χ0) is 17.9. The highest BCUT2D eigenvalue weighted by atomic mass is 16.5. The van der Waals surface area contributed by atoms with Crippen molar-refractivity contribution in [3.8, 4) is 0 Å². The van der Waals surface area contributed by atoms with E-state index >= 15 is 0 Å². The summed E-state index contributed by atoms with van der Waals surface area (Å²) in [6.45, 7) is 10.1. The Morgan fingerprint density at radius 3 is 2.76 bits per heavy atom. The Hall–Kier alpha value is -1.82. The molecule has 2 amide bonds. The van der Waals surface area contributed by atoms with Crippen molar-refractivity contribution in [1.82, 2.24) is 15.2 Å². The van der Waals surface area contributed by atoms with Crippen LogP contribution in [0.1, 0.15) is 38.7 Å². The Morgan fingerprint density at radius 2 is 2.12 bits per heavy atom. The largest absolute Gasteiger partial charge is 0.372 e. The molecule has 0 spiro atoms. The zero-order valence-electron chi connectivity index (χ0n) is 15.6. The molecule has 0 unspecified atom stereocenters. The van der Waals surface area contributed by atoms with Gasteiger partial charge in [-0.15, -0.1) is 0 Å². The Kier molecular flexibility index (Phi) is 5.47. The molecule has 1 N–H and O–H groups in total. The minimum Gasteiger partial charge on any atom is -0.372 e. The monoisotopic (exact) mass is 346 g/mol. The van der Waals surface area contributed by atoms with Gasteiger partial charge >= 0.3 is 6.03 Å². The minimum absolute atomic E-state index is 0.0508. The predicted octanol–water partition coefficient (Wildman–Crippen LogP) is 2.57. The number of nitrogens with one attached hydrogen (secondary N) is 1. The highest BCUT2D eigenvalue weighted by Crippen LogP contribution is 2.22. The number of rotatable bonds is 3. The Morgan fingerprint density at radius 1 is 1.36 bits per heavy atom. The summed E-state index contributed by atoms with van der Waals surface area (Å²) in [6, 6.07) is 4.47. The first-order valence-corrected chi connectivity index (χ1v) is 9.36. The van der Waals surface area contributed by atoms with Crippen molar-refractivity contribution in [2.45, 2.75) is 51.7 Å². The van der Waals surface area contributed by atoms with Crippen LogP contribution in [-0.2, 0) is 4.74 Å². The van der Waals surface area contributed by atoms with Crippen LogP contribution >= 0.6 is 0 Å². The smallest absolute Gasteiger partial charge is 0.317 e. The summed E-state index contributed by atoms with van der Waals surface area (Å²) in [5.74, 6) is 1.03. The van der Waals surface area contributed by atoms with Crippen molar-refractivity contribution in [3.05, 3.63) is 23.9 Å². The lowest BCUT2D eigenvalue weighted by molar-refractivity contribution is -0.0874. The maximum Gasteiger partial charge on any atom is 0.317 e. The van der Waals surface area contributed by atoms with E-state index in [0.29, 0.717) is 19.7 Å². The molecule has 1 atom stereocenters. The van der Waals surface area contributed by atoms with Crippen LogP contribution in [0.5, 0.6) is 0 Å². The van der Waals surface area contributed by atoms with Gasteiger partial charge in [-0.1, -0.05) is 13.0 Å². The highest BCUT2D eigenvalue weighted by molar-refractivity contribution is 5.74. The second kappa shape index (κ2) is 7.60. The van der Waals surface area contributed by atoms with Gasteiger partial charge in [-0.05, 0) is 44.7 Å². The number of pyridine rings is 1. The van der Waals surface area contributed by atoms with Crippen LogP contribution in [0, 0.1) is 6.92 Å². The summed E-state index contributed by atoms with van der Waals surface area (Å²) < 4.78 is 5.82. The average molecular weight is 346 g/mol. The lowest BCUT2D eigenvalue weighted by atomic mass is 10.0. The summed E-state index contributed by atoms with van der Waals surface area (Å²) in [7, 11) is 0. The van der Waals surface area contributed by atoms with Gasteiger partial charge in [0.25, 0.3) is 0 Å². The second-order valence-corrected chi connectivity index (χ2v) is 7.48. The van der Waals surface area contributed by atoms with Crippen molar-refractivity contribution < 1.29 is 9.53 Å². The molecular formula is C19H30N4O2. The van der Waals surface area contributed by atoms with Gasteiger partial charge in [0.2, 0.25) is 0 Å². The van der Waals surface area contributed by atoms with Gasteiger partial charge < -0.3 is 19.9 Å². The number of carbonyl (C=O) groups excluding carboxylic acids is 1. The van der Waals surface area contributed by atoms with Crippen LogP contribution in [0.3, 0.4) is 0 Å². The number of urea groups is 1. The lowest BCUT2D eigenvalue weighted by Crippen LogP contribution is -2.56. The molecule has 2 fully saturated rings. The molecular weight excluding hydrogens is 316 g/mol. The topological polar surface area (TPSA) is 57.7 Å². The molecule has 25 heavy (non-hydrogen) atoms. The third kappa shape index (κ3) is 4.42. The van der Waals surface area contributed by atoms with Crippen molar-refractivity contribution in [2.75, 3.05) is 37.7 Å². The summed E-state index contributed by atoms with van der Waals surface area (Å²) in [5.41, 5.74) is 0.964. The maximum atomic E-state index is 12.6. The number of nitrogens with zero attached hydrogens (tertiary/aromatic N) is 3. The summed E-state index contributed by atoms with van der Waals surface area (Å²) in [4.78, 5) is 21.3. The van der Waals surface area contributed by atoms with Crippen molar-refractivity contribution in [3.63, 3.8) is 0 Å². The summed E-state index contributed by atoms with van der Waals surface area (Å²) in [6.07, 6.45) is 4.73. The summed E-state index contributed by atoms with van der Waals surface area (Å²) >= 11 is 0. The molecule has 0 saturated carbocycles. The molecule has 0 aromatic carbocycles. The van der Waals surface area contributed by atoms with E-state index in [4.69, 9.17) is 4.74 Å². The van der Waals surface area contributed by atoms with E-state index in [-0.39, 0.29) is 17.7 Å². The van der Waals surface area contributed by atoms with E-state index in [1.807, 2.05) is 18.0 Å². The van der Waals surface area contributed by atoms with E-state index in [9.17, 15) is 4.79 Å². The van der Waals surface area contributed by atoms with Gasteiger partial charge in [-0.2, -0.15) is 0 Å². The number of carbonyl (C=O) groups is 1. The number of aryl methyl sites for hydroxylation is 1. The quantitative estimate of drug-likeness (QED) is 0.914. The number of hydrogen-bond donors (Lipinski definition) is 1. The van der Waals surface area contributed by atoms with Gasteiger partial charge in [0.05, 0.1) is 18.8 Å². The first-order chi connectivity index (χ1) is 12.0. The fourth-order valence-corrected chi connectivity index (χ4v) is 3.48. The molecule has 6 nitrogen and oxygen atoms in total. The molecule has 0 bridgehead atoms. The molecule has 1 aromatic rings. The van der Waals surface area contributed by atoms with Crippen LogP contribution in [0.25, 0.3) is 0 Å². The van der Waals surface area contributed by atoms with Gasteiger partial charge in [0.15, 0.2) is 0 Å². The van der Waals surface area contributed by atoms with Crippen LogP contribution < -0.4 is 10.2 Å². The van der Waals surface area contributed by atoms with Crippen LogP contribution in [0.2, 0.25) is 0 Å². The first-order valence-electron chi connectivity index (χ1n) is 9.36. The molecule has 2 aliphatic rings. The number of ether oxygens (including phenoxy) is 1. The number of piperidine rings is 1. The zero-order valence-corrected chi connectivity index (χ0v) is 15.6. The Bertz CT molecular complexity index is 584. The molecule has 0 aliphatic carbocycles. The number of anilines is 1. The molecule has 1 aromatic heterocycles. The molecule has 2 aliphatic heterocycles. The van der Waals surface area contributed by atoms with E-state index < -0.39 is 0 Å². The fraction of sp³-hybridized carbons (Fsp3) is 0.684. The lowest BCUT2D eigenvalue weighted by Gasteiger charge is -2.41. The standard InChI is InChI=1S/C19H30N4O2/c1-4-19(3)14-23(11-12-25-19)18(24)21-16-7-9-22(10-8-16)17-6-5-15(2)13-20-17/h5-6,13,16H,4,7-12,14H2,1-3H3,(H,21,24)/t19-/m1/s1. The normalized spacial score (nSPS) is 25.1. The molecule has 6 heteroatoms. The van der Waals surface area contributed by atoms with Gasteiger partial charge in [0.1, 0.15) is 5.82 Å². The van der Waals surface area contributed by atoms with E-state index in [1.165, 1.54) is 5.56 Å². The third-order valence-corrected chi connectivity index (χ3v) is 5.41. The van der Waals surface area contributed by atoms with E-state index in [0.717, 1.165) is 38.2 Å². The van der Waals surface area contributed by atoms with Crippen molar-refractivity contribution >= 4 is 11.8 Å². The number of hydrogen-bond acceptors (Lipinski definition) is 4. The number of morpholine rings is 1. The SMILES string of the molecule is CC[C@]1(C)CN(C(=O)NC2CCN(c3ccc(C)cn3)CC2)CCO1. The molecule has 3 rings (SSSR count). The Balaban J connectivity index is 1.48. The van der Waals surface area contributed by atoms with Crippen LogP contribution in [0.15, 0.2) is 18.3 Å². The number of amides is 2. The van der Waals surface area contributed by atoms with E-state index in [2.05, 4.69) is 41.2 Å². The van der Waals surface area contributed by atoms with Gasteiger partial charge in [-0.3, -0.25) is 0 Å². The summed E-state index contributed by atoms with van der Waals surface area (Å²) in [5, 5.41) is 3.22. The van der Waals surface area contributed by atoms with Crippen molar-refractivity contribution in [1.29, 1.82) is 0 Å². The Labute approximate surface area is 150 Å². The third-order valence-electron chi connectivity index (χ3n) is 5.41. The minimum atomic E-state index is -0.212.